The first kappa shape index (κ1) is 13.2. The molecule has 1 atom stereocenters. The highest BCUT2D eigenvalue weighted by molar-refractivity contribution is 6.31. The number of fused-ring (bicyclic) bond motifs is 1. The van der Waals surface area contributed by atoms with Gasteiger partial charge in [-0.2, -0.15) is 0 Å². The predicted octanol–water partition coefficient (Wildman–Crippen LogP) is 4.92. The molecule has 3 nitrogen and oxygen atoms in total. The molecular weight excluding hydrogens is 296 g/mol. The number of imidazole rings is 1. The zero-order valence-electron chi connectivity index (χ0n) is 11.7. The molecule has 0 aliphatic rings. The maximum atomic E-state index is 6.07. The van der Waals surface area contributed by atoms with Crippen LogP contribution in [0.2, 0.25) is 5.02 Å². The van der Waals surface area contributed by atoms with E-state index in [1.54, 1.807) is 12.5 Å². The average molecular weight is 309 g/mol. The zero-order valence-corrected chi connectivity index (χ0v) is 12.4. The van der Waals surface area contributed by atoms with E-state index in [-0.39, 0.29) is 6.04 Å². The molecule has 0 fully saturated rings. The summed E-state index contributed by atoms with van der Waals surface area (Å²) in [6.45, 7) is 0. The van der Waals surface area contributed by atoms with Crippen molar-refractivity contribution in [3.63, 3.8) is 0 Å². The lowest BCUT2D eigenvalue weighted by Crippen LogP contribution is -2.09. The summed E-state index contributed by atoms with van der Waals surface area (Å²) in [4.78, 5) is 4.16. The fourth-order valence-corrected chi connectivity index (χ4v) is 2.89. The van der Waals surface area contributed by atoms with Crippen molar-refractivity contribution in [2.45, 2.75) is 6.04 Å². The Bertz CT molecular complexity index is 897. The van der Waals surface area contributed by atoms with Crippen LogP contribution in [0, 0.1) is 0 Å². The molecule has 2 aromatic heterocycles. The van der Waals surface area contributed by atoms with E-state index in [4.69, 9.17) is 16.0 Å². The molecule has 0 bridgehead atoms. The Morgan fingerprint density at radius 2 is 1.91 bits per heavy atom. The number of hydrogen-bond donors (Lipinski definition) is 0. The third-order valence-corrected chi connectivity index (χ3v) is 3.94. The topological polar surface area (TPSA) is 31.0 Å². The van der Waals surface area contributed by atoms with Gasteiger partial charge in [-0.3, -0.25) is 0 Å². The number of hydrogen-bond acceptors (Lipinski definition) is 2. The molecule has 4 rings (SSSR count). The van der Waals surface area contributed by atoms with E-state index in [2.05, 4.69) is 17.1 Å². The Hall–Kier alpha value is -2.52. The second-order valence-corrected chi connectivity index (χ2v) is 5.59. The van der Waals surface area contributed by atoms with Crippen molar-refractivity contribution in [3.05, 3.63) is 89.7 Å². The van der Waals surface area contributed by atoms with Gasteiger partial charge in [0.2, 0.25) is 0 Å². The normalized spacial score (nSPS) is 12.6. The molecule has 0 spiro atoms. The van der Waals surface area contributed by atoms with Crippen LogP contribution in [0.4, 0.5) is 0 Å². The van der Waals surface area contributed by atoms with Crippen molar-refractivity contribution in [3.8, 4) is 0 Å². The number of benzene rings is 2. The van der Waals surface area contributed by atoms with Crippen LogP contribution < -0.4 is 0 Å². The van der Waals surface area contributed by atoms with Crippen LogP contribution in [-0.4, -0.2) is 9.55 Å². The predicted molar refractivity (Wildman–Crippen MR) is 87.1 cm³/mol. The van der Waals surface area contributed by atoms with Gasteiger partial charge in [-0.05, 0) is 29.8 Å². The maximum absolute atomic E-state index is 6.07. The quantitative estimate of drug-likeness (QED) is 0.538. The highest BCUT2D eigenvalue weighted by Gasteiger charge is 2.20. The average Bonchev–Trinajstić information content (AvgIpc) is 3.18. The molecule has 0 saturated heterocycles. The van der Waals surface area contributed by atoms with Gasteiger partial charge in [0.25, 0.3) is 0 Å². The minimum Gasteiger partial charge on any atom is -0.458 e. The minimum atomic E-state index is -0.0464. The first-order chi connectivity index (χ1) is 10.8. The Morgan fingerprint density at radius 1 is 1.05 bits per heavy atom. The SMILES string of the molecule is Clc1ccc2oc(C(c3ccccc3)n3ccnc3)cc2c1. The summed E-state index contributed by atoms with van der Waals surface area (Å²) in [6, 6.07) is 17.9. The Labute approximate surface area is 132 Å². The Balaban J connectivity index is 1.89. The summed E-state index contributed by atoms with van der Waals surface area (Å²) in [7, 11) is 0. The fraction of sp³-hybridized carbons (Fsp3) is 0.0556. The lowest BCUT2D eigenvalue weighted by Gasteiger charge is -2.16. The van der Waals surface area contributed by atoms with Crippen LogP contribution in [0.15, 0.2) is 77.7 Å². The van der Waals surface area contributed by atoms with Crippen LogP contribution >= 0.6 is 11.6 Å². The summed E-state index contributed by atoms with van der Waals surface area (Å²) in [5, 5.41) is 1.71. The Kier molecular flexibility index (Phi) is 3.20. The van der Waals surface area contributed by atoms with Gasteiger partial charge in [0, 0.05) is 22.8 Å². The molecular formula is C18H13ClN2O. The highest BCUT2D eigenvalue weighted by Crippen LogP contribution is 2.32. The fourth-order valence-electron chi connectivity index (χ4n) is 2.71. The van der Waals surface area contributed by atoms with Crippen LogP contribution in [0.3, 0.4) is 0 Å². The van der Waals surface area contributed by atoms with Crippen molar-refractivity contribution >= 4 is 22.6 Å². The summed E-state index contributed by atoms with van der Waals surface area (Å²) in [6.07, 6.45) is 5.52. The monoisotopic (exact) mass is 308 g/mol. The minimum absolute atomic E-state index is 0.0464. The number of halogens is 1. The van der Waals surface area contributed by atoms with Crippen LogP contribution in [0.25, 0.3) is 11.0 Å². The first-order valence-corrected chi connectivity index (χ1v) is 7.40. The molecule has 0 aliphatic carbocycles. The molecule has 108 valence electrons. The largest absolute Gasteiger partial charge is 0.458 e. The molecule has 1 unspecified atom stereocenters. The van der Waals surface area contributed by atoms with Gasteiger partial charge in [0.1, 0.15) is 17.4 Å². The molecule has 2 heterocycles. The Morgan fingerprint density at radius 3 is 2.68 bits per heavy atom. The summed E-state index contributed by atoms with van der Waals surface area (Å²) in [5.41, 5.74) is 1.98. The third kappa shape index (κ3) is 2.30. The van der Waals surface area contributed by atoms with Crippen molar-refractivity contribution in [1.29, 1.82) is 0 Å². The van der Waals surface area contributed by atoms with Crippen molar-refractivity contribution < 1.29 is 4.42 Å². The summed E-state index contributed by atoms with van der Waals surface area (Å²) in [5.74, 6) is 0.862. The molecule has 0 saturated carbocycles. The van der Waals surface area contributed by atoms with Crippen LogP contribution in [0.5, 0.6) is 0 Å². The second kappa shape index (κ2) is 5.35. The molecule has 0 amide bonds. The molecule has 4 heteroatoms. The number of furan rings is 1. The van der Waals surface area contributed by atoms with Gasteiger partial charge >= 0.3 is 0 Å². The molecule has 0 N–H and O–H groups in total. The number of aromatic nitrogens is 2. The van der Waals surface area contributed by atoms with E-state index in [1.165, 1.54) is 0 Å². The first-order valence-electron chi connectivity index (χ1n) is 7.02. The molecule has 22 heavy (non-hydrogen) atoms. The van der Waals surface area contributed by atoms with Gasteiger partial charge < -0.3 is 8.98 Å². The lowest BCUT2D eigenvalue weighted by molar-refractivity contribution is 0.487. The molecule has 2 aromatic carbocycles. The van der Waals surface area contributed by atoms with E-state index in [1.807, 2.05) is 53.2 Å². The highest BCUT2D eigenvalue weighted by atomic mass is 35.5. The van der Waals surface area contributed by atoms with Crippen molar-refractivity contribution in [2.75, 3.05) is 0 Å². The maximum Gasteiger partial charge on any atom is 0.134 e. The zero-order chi connectivity index (χ0) is 14.9. The van der Waals surface area contributed by atoms with Gasteiger partial charge in [-0.1, -0.05) is 41.9 Å². The van der Waals surface area contributed by atoms with E-state index in [9.17, 15) is 0 Å². The van der Waals surface area contributed by atoms with E-state index >= 15 is 0 Å². The molecule has 0 aliphatic heterocycles. The van der Waals surface area contributed by atoms with Gasteiger partial charge in [-0.25, -0.2) is 4.98 Å². The smallest absolute Gasteiger partial charge is 0.134 e. The lowest BCUT2D eigenvalue weighted by atomic mass is 10.0. The number of nitrogens with zero attached hydrogens (tertiary/aromatic N) is 2. The number of rotatable bonds is 3. The van der Waals surface area contributed by atoms with Crippen molar-refractivity contribution in [1.82, 2.24) is 9.55 Å². The third-order valence-electron chi connectivity index (χ3n) is 3.71. The van der Waals surface area contributed by atoms with E-state index in [0.29, 0.717) is 5.02 Å². The van der Waals surface area contributed by atoms with Gasteiger partial charge in [0.05, 0.1) is 6.33 Å². The molecule has 4 aromatic rings. The second-order valence-electron chi connectivity index (χ2n) is 5.15. The van der Waals surface area contributed by atoms with Crippen molar-refractivity contribution in [2.24, 2.45) is 0 Å². The standard InChI is InChI=1S/C18H13ClN2O/c19-15-6-7-16-14(10-15)11-17(22-16)18(21-9-8-20-12-21)13-4-2-1-3-5-13/h1-12,18H. The van der Waals surface area contributed by atoms with Gasteiger partial charge in [-0.15, -0.1) is 0 Å². The summed E-state index contributed by atoms with van der Waals surface area (Å²) < 4.78 is 8.09. The van der Waals surface area contributed by atoms with E-state index in [0.717, 1.165) is 22.3 Å². The van der Waals surface area contributed by atoms with E-state index < -0.39 is 0 Å². The van der Waals surface area contributed by atoms with Gasteiger partial charge in [0.15, 0.2) is 0 Å². The van der Waals surface area contributed by atoms with Crippen LogP contribution in [-0.2, 0) is 0 Å². The molecule has 0 radical (unpaired) electrons. The van der Waals surface area contributed by atoms with Crippen LogP contribution in [0.1, 0.15) is 17.4 Å². The summed E-state index contributed by atoms with van der Waals surface area (Å²) >= 11 is 6.07.